The van der Waals surface area contributed by atoms with Crippen molar-refractivity contribution in [2.24, 2.45) is 0 Å². The quantitative estimate of drug-likeness (QED) is 0.431. The fourth-order valence-electron chi connectivity index (χ4n) is 1.36. The summed E-state index contributed by atoms with van der Waals surface area (Å²) in [7, 11) is 3.87. The highest BCUT2D eigenvalue weighted by molar-refractivity contribution is 9.10. The number of pyridine rings is 2. The molecule has 0 saturated heterocycles. The SMILES string of the molecule is C.C.C.COC(=O)Cc1cc(Br)ccn1.COC(=O)OC.Cc1cc(Br)ccn1. The Kier molecular flexibility index (Phi) is 24.7. The molecule has 166 valence electrons. The predicted octanol–water partition coefficient (Wildman–Crippen LogP) is 6.02. The lowest BCUT2D eigenvalue weighted by atomic mass is 10.3. The van der Waals surface area contributed by atoms with Crippen molar-refractivity contribution in [2.45, 2.75) is 35.6 Å². The van der Waals surface area contributed by atoms with Crippen LogP contribution in [0.4, 0.5) is 4.79 Å². The fraction of sp³-hybridized carbons (Fsp3) is 0.400. The molecular weight excluding hydrogens is 508 g/mol. The van der Waals surface area contributed by atoms with Crippen LogP contribution in [0, 0.1) is 6.92 Å². The molecular formula is C20H32Br2N2O5. The Morgan fingerprint density at radius 2 is 1.34 bits per heavy atom. The Morgan fingerprint density at radius 3 is 1.66 bits per heavy atom. The zero-order valence-corrected chi connectivity index (χ0v) is 18.0. The Morgan fingerprint density at radius 1 is 0.862 bits per heavy atom. The van der Waals surface area contributed by atoms with Gasteiger partial charge in [-0.1, -0.05) is 54.1 Å². The predicted molar refractivity (Wildman–Crippen MR) is 124 cm³/mol. The van der Waals surface area contributed by atoms with Crippen LogP contribution < -0.4 is 0 Å². The van der Waals surface area contributed by atoms with E-state index < -0.39 is 6.16 Å². The van der Waals surface area contributed by atoms with Gasteiger partial charge in [-0.2, -0.15) is 0 Å². The molecule has 0 bridgehead atoms. The van der Waals surface area contributed by atoms with E-state index in [1.807, 2.05) is 19.1 Å². The van der Waals surface area contributed by atoms with E-state index in [1.165, 1.54) is 21.3 Å². The Hall–Kier alpha value is -2.00. The van der Waals surface area contributed by atoms with Crippen LogP contribution in [0.15, 0.2) is 45.6 Å². The highest BCUT2D eigenvalue weighted by Crippen LogP contribution is 2.09. The van der Waals surface area contributed by atoms with Crippen molar-refractivity contribution in [3.63, 3.8) is 0 Å². The minimum atomic E-state index is -0.657. The summed E-state index contributed by atoms with van der Waals surface area (Å²) >= 11 is 6.60. The number of hydrogen-bond donors (Lipinski definition) is 0. The van der Waals surface area contributed by atoms with Crippen LogP contribution in [-0.2, 0) is 25.4 Å². The van der Waals surface area contributed by atoms with E-state index in [4.69, 9.17) is 0 Å². The number of ether oxygens (including phenoxy) is 3. The second kappa shape index (κ2) is 20.7. The lowest BCUT2D eigenvalue weighted by molar-refractivity contribution is -0.139. The standard InChI is InChI=1S/C8H8BrNO2.C6H6BrN.C3H6O3.3CH4/c1-12-8(11)5-7-4-6(9)2-3-10-7;1-5-4-6(7)2-3-8-5;1-5-3(4)6-2;;;/h2-4H,5H2,1H3;2-4H,1H3;1-2H3;3*1H4. The van der Waals surface area contributed by atoms with Gasteiger partial charge >= 0.3 is 12.1 Å². The van der Waals surface area contributed by atoms with Crippen LogP contribution >= 0.6 is 31.9 Å². The summed E-state index contributed by atoms with van der Waals surface area (Å²) in [6, 6.07) is 7.48. The number of aromatic nitrogens is 2. The molecule has 0 atom stereocenters. The van der Waals surface area contributed by atoms with Crippen LogP contribution in [0.5, 0.6) is 0 Å². The lowest BCUT2D eigenvalue weighted by Gasteiger charge is -1.98. The maximum Gasteiger partial charge on any atom is 0.507 e. The van der Waals surface area contributed by atoms with Crippen molar-refractivity contribution in [1.82, 2.24) is 9.97 Å². The normalized spacial score (nSPS) is 7.93. The topological polar surface area (TPSA) is 87.6 Å². The maximum absolute atomic E-state index is 10.8. The summed E-state index contributed by atoms with van der Waals surface area (Å²) < 4.78 is 14.6. The van der Waals surface area contributed by atoms with Crippen molar-refractivity contribution < 1.29 is 23.8 Å². The van der Waals surface area contributed by atoms with Crippen LogP contribution in [0.1, 0.15) is 33.7 Å². The van der Waals surface area contributed by atoms with Gasteiger partial charge in [0.2, 0.25) is 0 Å². The molecule has 0 aromatic carbocycles. The van der Waals surface area contributed by atoms with Crippen molar-refractivity contribution in [1.29, 1.82) is 0 Å². The number of carbonyl (C=O) groups is 2. The highest BCUT2D eigenvalue weighted by Gasteiger charge is 2.03. The molecule has 9 heteroatoms. The first kappa shape index (κ1) is 34.5. The molecule has 2 aromatic heterocycles. The molecule has 2 heterocycles. The third-order valence-corrected chi connectivity index (χ3v) is 3.51. The van der Waals surface area contributed by atoms with Gasteiger partial charge in [-0.3, -0.25) is 14.8 Å². The molecule has 0 N–H and O–H groups in total. The summed E-state index contributed by atoms with van der Waals surface area (Å²) in [4.78, 5) is 28.6. The Balaban J connectivity index is -0.000000163. The van der Waals surface area contributed by atoms with E-state index in [2.05, 4.69) is 56.0 Å². The molecule has 0 amide bonds. The zero-order valence-electron chi connectivity index (χ0n) is 14.9. The van der Waals surface area contributed by atoms with Gasteiger partial charge in [0.25, 0.3) is 0 Å². The molecule has 2 rings (SSSR count). The van der Waals surface area contributed by atoms with Crippen LogP contribution in [0.3, 0.4) is 0 Å². The highest BCUT2D eigenvalue weighted by atomic mass is 79.9. The molecule has 0 fully saturated rings. The van der Waals surface area contributed by atoms with Gasteiger partial charge in [-0.25, -0.2) is 4.79 Å². The molecule has 0 saturated carbocycles. The second-order valence-corrected chi connectivity index (χ2v) is 6.32. The molecule has 0 aliphatic rings. The smallest absolute Gasteiger partial charge is 0.469 e. The van der Waals surface area contributed by atoms with Crippen molar-refractivity contribution >= 4 is 44.0 Å². The number of nitrogens with zero attached hydrogens (tertiary/aromatic N) is 2. The summed E-state index contributed by atoms with van der Waals surface area (Å²) in [5.41, 5.74) is 1.75. The van der Waals surface area contributed by atoms with Crippen LogP contribution in [0.2, 0.25) is 0 Å². The van der Waals surface area contributed by atoms with Crippen molar-refractivity contribution in [3.05, 3.63) is 57.0 Å². The number of rotatable bonds is 2. The monoisotopic (exact) mass is 538 g/mol. The molecule has 0 spiro atoms. The number of hydrogen-bond acceptors (Lipinski definition) is 7. The average Bonchev–Trinajstić information content (AvgIpc) is 2.61. The summed E-state index contributed by atoms with van der Waals surface area (Å²) in [6.07, 6.45) is 2.98. The molecule has 7 nitrogen and oxygen atoms in total. The van der Waals surface area contributed by atoms with Crippen LogP contribution in [0.25, 0.3) is 0 Å². The van der Waals surface area contributed by atoms with E-state index >= 15 is 0 Å². The second-order valence-electron chi connectivity index (χ2n) is 4.49. The van der Waals surface area contributed by atoms with Gasteiger partial charge in [0, 0.05) is 27.0 Å². The van der Waals surface area contributed by atoms with Gasteiger partial charge in [-0.05, 0) is 31.2 Å². The minimum absolute atomic E-state index is 0. The molecule has 0 aliphatic carbocycles. The number of esters is 1. The fourth-order valence-corrected chi connectivity index (χ4v) is 2.19. The van der Waals surface area contributed by atoms with Gasteiger partial charge in [-0.15, -0.1) is 0 Å². The summed E-state index contributed by atoms with van der Waals surface area (Å²) in [5.74, 6) is -0.277. The largest absolute Gasteiger partial charge is 0.507 e. The number of carbonyl (C=O) groups excluding carboxylic acids is 2. The van der Waals surface area contributed by atoms with E-state index in [0.717, 1.165) is 14.6 Å². The molecule has 0 radical (unpaired) electrons. The third kappa shape index (κ3) is 19.1. The summed E-state index contributed by atoms with van der Waals surface area (Å²) in [5, 5.41) is 0. The lowest BCUT2D eigenvalue weighted by Crippen LogP contribution is -2.05. The van der Waals surface area contributed by atoms with E-state index in [0.29, 0.717) is 5.69 Å². The van der Waals surface area contributed by atoms with Crippen molar-refractivity contribution in [3.8, 4) is 0 Å². The van der Waals surface area contributed by atoms with Crippen molar-refractivity contribution in [2.75, 3.05) is 21.3 Å². The van der Waals surface area contributed by atoms with E-state index in [9.17, 15) is 9.59 Å². The molecule has 0 unspecified atom stereocenters. The minimum Gasteiger partial charge on any atom is -0.469 e. The first-order chi connectivity index (χ1) is 12.3. The van der Waals surface area contributed by atoms with Crippen LogP contribution in [-0.4, -0.2) is 43.4 Å². The van der Waals surface area contributed by atoms with Gasteiger partial charge in [0.15, 0.2) is 0 Å². The molecule has 2 aromatic rings. The molecule has 29 heavy (non-hydrogen) atoms. The Labute approximate surface area is 191 Å². The number of aryl methyl sites for hydroxylation is 1. The first-order valence-electron chi connectivity index (χ1n) is 7.19. The summed E-state index contributed by atoms with van der Waals surface area (Å²) in [6.45, 7) is 1.96. The van der Waals surface area contributed by atoms with E-state index in [-0.39, 0.29) is 34.7 Å². The van der Waals surface area contributed by atoms with Gasteiger partial charge < -0.3 is 14.2 Å². The average molecular weight is 540 g/mol. The third-order valence-electron chi connectivity index (χ3n) is 2.52. The van der Waals surface area contributed by atoms with E-state index in [1.54, 1.807) is 24.5 Å². The first-order valence-corrected chi connectivity index (χ1v) is 8.78. The maximum atomic E-state index is 10.8. The Bertz CT molecular complexity index is 677. The number of halogens is 2. The zero-order chi connectivity index (χ0) is 19.9. The number of methoxy groups -OCH3 is 3. The van der Waals surface area contributed by atoms with Gasteiger partial charge in [0.05, 0.1) is 33.4 Å². The van der Waals surface area contributed by atoms with Gasteiger partial charge in [0.1, 0.15) is 0 Å². The molecule has 0 aliphatic heterocycles.